The van der Waals surface area contributed by atoms with E-state index in [0.29, 0.717) is 5.69 Å². The molecule has 2 amide bonds. The molecule has 0 spiro atoms. The second-order valence-electron chi connectivity index (χ2n) is 4.70. The molecule has 7 nitrogen and oxygen atoms in total. The van der Waals surface area contributed by atoms with Crippen LogP contribution in [0.15, 0.2) is 42.5 Å². The number of anilines is 1. The lowest BCUT2D eigenvalue weighted by atomic mass is 10.1. The number of non-ortho nitro benzene ring substituents is 1. The molecular weight excluding hydrogens is 305 g/mol. The first kappa shape index (κ1) is 16.1. The number of halogens is 1. The third-order valence-corrected chi connectivity index (χ3v) is 3.23. The Morgan fingerprint density at radius 3 is 2.30 bits per heavy atom. The summed E-state index contributed by atoms with van der Waals surface area (Å²) in [6.07, 6.45) is 0. The van der Waals surface area contributed by atoms with Crippen molar-refractivity contribution in [3.05, 3.63) is 69.5 Å². The third kappa shape index (κ3) is 3.31. The quantitative estimate of drug-likeness (QED) is 0.688. The van der Waals surface area contributed by atoms with E-state index in [-0.39, 0.29) is 11.3 Å². The second kappa shape index (κ2) is 6.22. The van der Waals surface area contributed by atoms with Crippen LogP contribution in [0.25, 0.3) is 0 Å². The summed E-state index contributed by atoms with van der Waals surface area (Å²) in [5, 5.41) is 10.7. The zero-order valence-electron chi connectivity index (χ0n) is 12.0. The van der Waals surface area contributed by atoms with Crippen LogP contribution < -0.4 is 10.6 Å². The molecule has 2 rings (SSSR count). The Morgan fingerprint density at radius 1 is 1.17 bits per heavy atom. The van der Waals surface area contributed by atoms with E-state index in [0.717, 1.165) is 23.1 Å². The van der Waals surface area contributed by atoms with Gasteiger partial charge in [-0.25, -0.2) is 4.39 Å². The van der Waals surface area contributed by atoms with Crippen molar-refractivity contribution in [3.63, 3.8) is 0 Å². The molecule has 23 heavy (non-hydrogen) atoms. The van der Waals surface area contributed by atoms with E-state index in [4.69, 9.17) is 5.73 Å². The Bertz CT molecular complexity index is 790. The Balaban J connectivity index is 2.34. The topological polar surface area (TPSA) is 107 Å². The fourth-order valence-electron chi connectivity index (χ4n) is 1.94. The van der Waals surface area contributed by atoms with E-state index >= 15 is 0 Å². The van der Waals surface area contributed by atoms with E-state index < -0.39 is 28.1 Å². The first-order valence-corrected chi connectivity index (χ1v) is 6.43. The smallest absolute Gasteiger partial charge is 0.270 e. The van der Waals surface area contributed by atoms with Crippen LogP contribution in [0.4, 0.5) is 15.8 Å². The zero-order chi connectivity index (χ0) is 17.1. The number of hydrogen-bond donors (Lipinski definition) is 1. The molecule has 0 bridgehead atoms. The largest absolute Gasteiger partial charge is 0.366 e. The van der Waals surface area contributed by atoms with Crippen molar-refractivity contribution >= 4 is 23.2 Å². The fourth-order valence-corrected chi connectivity index (χ4v) is 1.94. The van der Waals surface area contributed by atoms with Gasteiger partial charge in [-0.3, -0.25) is 19.7 Å². The number of carbonyl (C=O) groups excluding carboxylic acids is 2. The van der Waals surface area contributed by atoms with Gasteiger partial charge in [0.15, 0.2) is 0 Å². The van der Waals surface area contributed by atoms with E-state index in [9.17, 15) is 24.1 Å². The number of nitrogens with two attached hydrogens (primary N) is 1. The number of rotatable bonds is 4. The van der Waals surface area contributed by atoms with Crippen LogP contribution in [0.1, 0.15) is 20.7 Å². The monoisotopic (exact) mass is 317 g/mol. The Kier molecular flexibility index (Phi) is 4.35. The van der Waals surface area contributed by atoms with E-state index in [2.05, 4.69) is 0 Å². The average molecular weight is 317 g/mol. The normalized spacial score (nSPS) is 10.2. The number of nitrogens with zero attached hydrogens (tertiary/aromatic N) is 2. The molecule has 0 unspecified atom stereocenters. The minimum Gasteiger partial charge on any atom is -0.366 e. The van der Waals surface area contributed by atoms with Gasteiger partial charge in [-0.1, -0.05) is 0 Å². The molecule has 8 heteroatoms. The summed E-state index contributed by atoms with van der Waals surface area (Å²) >= 11 is 0. The predicted octanol–water partition coefficient (Wildman–Crippen LogP) is 2.11. The maximum atomic E-state index is 13.8. The third-order valence-electron chi connectivity index (χ3n) is 3.23. The van der Waals surface area contributed by atoms with Crippen LogP contribution in [0.3, 0.4) is 0 Å². The van der Waals surface area contributed by atoms with Gasteiger partial charge >= 0.3 is 0 Å². The van der Waals surface area contributed by atoms with Crippen molar-refractivity contribution in [3.8, 4) is 0 Å². The summed E-state index contributed by atoms with van der Waals surface area (Å²) in [5.74, 6) is -2.23. The minimum absolute atomic E-state index is 0.260. The molecule has 2 aromatic carbocycles. The lowest BCUT2D eigenvalue weighted by Crippen LogP contribution is -2.27. The van der Waals surface area contributed by atoms with Gasteiger partial charge in [0.25, 0.3) is 11.6 Å². The molecule has 0 fully saturated rings. The standard InChI is InChI=1S/C15H12FN3O4/c1-18(10-4-2-9(3-5-10)14(17)20)15(21)12-8-11(19(22)23)6-7-13(12)16/h2-8H,1H3,(H2,17,20). The number of hydrogen-bond acceptors (Lipinski definition) is 4. The molecular formula is C15H12FN3O4. The molecule has 0 aliphatic heterocycles. The van der Waals surface area contributed by atoms with Crippen molar-refractivity contribution in [2.75, 3.05) is 11.9 Å². The first-order chi connectivity index (χ1) is 10.8. The zero-order valence-corrected chi connectivity index (χ0v) is 12.0. The fraction of sp³-hybridized carbons (Fsp3) is 0.0667. The molecule has 0 atom stereocenters. The molecule has 0 aliphatic rings. The highest BCUT2D eigenvalue weighted by atomic mass is 19.1. The van der Waals surface area contributed by atoms with Crippen LogP contribution >= 0.6 is 0 Å². The lowest BCUT2D eigenvalue weighted by molar-refractivity contribution is -0.384. The molecule has 2 aromatic rings. The Hall–Kier alpha value is -3.29. The second-order valence-corrected chi connectivity index (χ2v) is 4.70. The number of nitro benzene ring substituents is 1. The van der Waals surface area contributed by atoms with E-state index in [1.54, 1.807) is 0 Å². The van der Waals surface area contributed by atoms with Crippen LogP contribution in [-0.2, 0) is 0 Å². The summed E-state index contributed by atoms with van der Waals surface area (Å²) in [5.41, 5.74) is 4.97. The van der Waals surface area contributed by atoms with Gasteiger partial charge in [0.1, 0.15) is 5.82 Å². The molecule has 0 saturated carbocycles. The van der Waals surface area contributed by atoms with Gasteiger partial charge in [0.05, 0.1) is 10.5 Å². The Labute approximate surface area is 130 Å². The van der Waals surface area contributed by atoms with Gasteiger partial charge in [-0.2, -0.15) is 0 Å². The van der Waals surface area contributed by atoms with Crippen LogP contribution in [-0.4, -0.2) is 23.8 Å². The highest BCUT2D eigenvalue weighted by Crippen LogP contribution is 2.21. The Morgan fingerprint density at radius 2 is 1.78 bits per heavy atom. The summed E-state index contributed by atoms with van der Waals surface area (Å²) < 4.78 is 13.8. The van der Waals surface area contributed by atoms with E-state index in [1.807, 2.05) is 0 Å². The molecule has 0 aliphatic carbocycles. The first-order valence-electron chi connectivity index (χ1n) is 6.43. The number of carbonyl (C=O) groups is 2. The average Bonchev–Trinajstić information content (AvgIpc) is 2.53. The van der Waals surface area contributed by atoms with Gasteiger partial charge in [-0.05, 0) is 30.3 Å². The maximum absolute atomic E-state index is 13.8. The lowest BCUT2D eigenvalue weighted by Gasteiger charge is -2.17. The summed E-state index contributed by atoms with van der Waals surface area (Å²) in [7, 11) is 1.39. The van der Waals surface area contributed by atoms with Crippen molar-refractivity contribution < 1.29 is 18.9 Å². The molecule has 0 radical (unpaired) electrons. The van der Waals surface area contributed by atoms with Gasteiger partial charge in [0.2, 0.25) is 5.91 Å². The van der Waals surface area contributed by atoms with Crippen LogP contribution in [0.2, 0.25) is 0 Å². The molecule has 0 heterocycles. The number of primary amides is 1. The number of benzene rings is 2. The highest BCUT2D eigenvalue weighted by molar-refractivity contribution is 6.06. The number of amides is 2. The van der Waals surface area contributed by atoms with Crippen molar-refractivity contribution in [2.24, 2.45) is 5.73 Å². The van der Waals surface area contributed by atoms with Gasteiger partial charge in [0, 0.05) is 30.4 Å². The van der Waals surface area contributed by atoms with Crippen LogP contribution in [0.5, 0.6) is 0 Å². The van der Waals surface area contributed by atoms with Crippen molar-refractivity contribution in [1.29, 1.82) is 0 Å². The summed E-state index contributed by atoms with van der Waals surface area (Å²) in [6, 6.07) is 8.51. The minimum atomic E-state index is -0.860. The van der Waals surface area contributed by atoms with Crippen molar-refractivity contribution in [1.82, 2.24) is 0 Å². The SMILES string of the molecule is CN(C(=O)c1cc([N+](=O)[O-])ccc1F)c1ccc(C(N)=O)cc1. The molecule has 0 saturated heterocycles. The van der Waals surface area contributed by atoms with Crippen molar-refractivity contribution in [2.45, 2.75) is 0 Å². The summed E-state index contributed by atoms with van der Waals surface area (Å²) in [4.78, 5) is 34.5. The molecule has 0 aromatic heterocycles. The molecule has 118 valence electrons. The molecule has 2 N–H and O–H groups in total. The highest BCUT2D eigenvalue weighted by Gasteiger charge is 2.21. The maximum Gasteiger partial charge on any atom is 0.270 e. The predicted molar refractivity (Wildman–Crippen MR) is 80.7 cm³/mol. The van der Waals surface area contributed by atoms with Crippen LogP contribution in [0, 0.1) is 15.9 Å². The van der Waals surface area contributed by atoms with Gasteiger partial charge in [-0.15, -0.1) is 0 Å². The van der Waals surface area contributed by atoms with E-state index in [1.165, 1.54) is 31.3 Å². The van der Waals surface area contributed by atoms with Gasteiger partial charge < -0.3 is 10.6 Å². The number of nitro groups is 1. The summed E-state index contributed by atoms with van der Waals surface area (Å²) in [6.45, 7) is 0.